The fourth-order valence-corrected chi connectivity index (χ4v) is 1.10. The van der Waals surface area contributed by atoms with Crippen LogP contribution in [0.1, 0.15) is 0 Å². The summed E-state index contributed by atoms with van der Waals surface area (Å²) in [6, 6.07) is 7.89. The van der Waals surface area contributed by atoms with Crippen molar-refractivity contribution < 1.29 is 17.7 Å². The molecule has 0 aliphatic heterocycles. The van der Waals surface area contributed by atoms with Gasteiger partial charge in [0.25, 0.3) is 0 Å². The van der Waals surface area contributed by atoms with Gasteiger partial charge in [-0.1, -0.05) is 18.2 Å². The quantitative estimate of drug-likeness (QED) is 0.657. The lowest BCUT2D eigenvalue weighted by molar-refractivity contribution is 0.240. The summed E-state index contributed by atoms with van der Waals surface area (Å²) in [6.07, 6.45) is 0. The molecule has 65 valence electrons. The summed E-state index contributed by atoms with van der Waals surface area (Å²) in [7, 11) is -3.93. The molecule has 4 nitrogen and oxygen atoms in total. The highest BCUT2D eigenvalue weighted by atomic mass is 32.2. The summed E-state index contributed by atoms with van der Waals surface area (Å²) in [6.45, 7) is 0. The van der Waals surface area contributed by atoms with Gasteiger partial charge >= 0.3 is 10.1 Å². The van der Waals surface area contributed by atoms with Crippen molar-refractivity contribution in [3.8, 4) is 5.75 Å². The number of rotatable bonds is 3. The molecular weight excluding hydrogens is 180 g/mol. The second kappa shape index (κ2) is 3.55. The van der Waals surface area contributed by atoms with Gasteiger partial charge in [-0.25, -0.2) is 5.11 Å². The van der Waals surface area contributed by atoms with Crippen molar-refractivity contribution in [1.29, 1.82) is 0 Å². The van der Waals surface area contributed by atoms with Gasteiger partial charge in [0.15, 0.2) is 0 Å². The minimum absolute atomic E-state index is 0.161. The minimum Gasteiger partial charge on any atom is -0.381 e. The first kappa shape index (κ1) is 9.02. The van der Waals surface area contributed by atoms with E-state index in [9.17, 15) is 13.5 Å². The van der Waals surface area contributed by atoms with Gasteiger partial charge in [0.1, 0.15) is 5.75 Å². The highest BCUT2D eigenvalue weighted by Gasteiger charge is 2.10. The molecule has 0 saturated carbocycles. The smallest absolute Gasteiger partial charge is 0.337 e. The van der Waals surface area contributed by atoms with E-state index >= 15 is 0 Å². The summed E-state index contributed by atoms with van der Waals surface area (Å²) < 4.78 is 25.7. The van der Waals surface area contributed by atoms with E-state index < -0.39 is 16.1 Å². The summed E-state index contributed by atoms with van der Waals surface area (Å²) in [5.41, 5.74) is 0. The molecule has 0 unspecified atom stereocenters. The van der Waals surface area contributed by atoms with Crippen LogP contribution in [-0.4, -0.2) is 14.4 Å². The van der Waals surface area contributed by atoms with Gasteiger partial charge in [0.2, 0.25) is 5.94 Å². The van der Waals surface area contributed by atoms with E-state index in [2.05, 4.69) is 4.18 Å². The monoisotopic (exact) mass is 187 g/mol. The molecule has 0 saturated heterocycles. The van der Waals surface area contributed by atoms with Gasteiger partial charge in [0, 0.05) is 0 Å². The maximum atomic E-state index is 10.6. The molecule has 1 aromatic carbocycles. The Morgan fingerprint density at radius 3 is 2.25 bits per heavy atom. The van der Waals surface area contributed by atoms with Crippen LogP contribution in [0, 0.1) is 0 Å². The maximum Gasteiger partial charge on any atom is 0.337 e. The van der Waals surface area contributed by atoms with Crippen LogP contribution in [0.15, 0.2) is 30.3 Å². The third-order valence-electron chi connectivity index (χ3n) is 1.11. The van der Waals surface area contributed by atoms with Gasteiger partial charge in [-0.05, 0) is 12.1 Å². The van der Waals surface area contributed by atoms with E-state index in [4.69, 9.17) is 0 Å². The van der Waals surface area contributed by atoms with Crippen molar-refractivity contribution in [1.82, 2.24) is 0 Å². The lowest BCUT2D eigenvalue weighted by atomic mass is 10.3. The van der Waals surface area contributed by atoms with Crippen molar-refractivity contribution in [2.75, 3.05) is 5.94 Å². The third-order valence-corrected chi connectivity index (χ3v) is 1.85. The second-order valence-electron chi connectivity index (χ2n) is 2.07. The van der Waals surface area contributed by atoms with Crippen LogP contribution < -0.4 is 4.18 Å². The summed E-state index contributed by atoms with van der Waals surface area (Å²) >= 11 is 0. The number of benzene rings is 1. The Bertz CT molecular complexity index is 330. The summed E-state index contributed by atoms with van der Waals surface area (Å²) in [5.74, 6) is -1.10. The summed E-state index contributed by atoms with van der Waals surface area (Å²) in [5, 5.41) is 10.0. The lowest BCUT2D eigenvalue weighted by Crippen LogP contribution is -2.11. The van der Waals surface area contributed by atoms with Crippen LogP contribution in [0.2, 0.25) is 0 Å². The first-order chi connectivity index (χ1) is 5.64. The van der Waals surface area contributed by atoms with Gasteiger partial charge in [-0.3, -0.25) is 0 Å². The molecule has 0 bridgehead atoms. The molecule has 5 heteroatoms. The molecule has 1 aromatic rings. The molecule has 1 rings (SSSR count). The third kappa shape index (κ3) is 2.52. The second-order valence-corrected chi connectivity index (χ2v) is 3.59. The van der Waals surface area contributed by atoms with Gasteiger partial charge in [0.05, 0.1) is 0 Å². The van der Waals surface area contributed by atoms with Crippen molar-refractivity contribution in [2.24, 2.45) is 0 Å². The molecule has 0 heterocycles. The SMILES string of the molecule is [O]CS(=O)(=O)Oc1ccccc1. The fourth-order valence-electron chi connectivity index (χ4n) is 0.647. The Kier molecular flexibility index (Phi) is 2.67. The number of para-hydroxylation sites is 1. The molecule has 0 N–H and O–H groups in total. The highest BCUT2D eigenvalue weighted by molar-refractivity contribution is 7.86. The van der Waals surface area contributed by atoms with Gasteiger partial charge in [-0.15, -0.1) is 0 Å². The van der Waals surface area contributed by atoms with Crippen molar-refractivity contribution in [3.05, 3.63) is 30.3 Å². The molecule has 0 atom stereocenters. The van der Waals surface area contributed by atoms with E-state index in [-0.39, 0.29) is 5.75 Å². The van der Waals surface area contributed by atoms with Crippen LogP contribution in [-0.2, 0) is 15.2 Å². The Morgan fingerprint density at radius 1 is 1.17 bits per heavy atom. The minimum atomic E-state index is -3.93. The molecule has 0 spiro atoms. The highest BCUT2D eigenvalue weighted by Crippen LogP contribution is 2.10. The Morgan fingerprint density at radius 2 is 1.75 bits per heavy atom. The topological polar surface area (TPSA) is 63.3 Å². The average molecular weight is 187 g/mol. The molecule has 0 fully saturated rings. The van der Waals surface area contributed by atoms with E-state index in [1.54, 1.807) is 18.2 Å². The van der Waals surface area contributed by atoms with Gasteiger partial charge < -0.3 is 4.18 Å². The zero-order chi connectivity index (χ0) is 9.03. The van der Waals surface area contributed by atoms with Crippen LogP contribution in [0.25, 0.3) is 0 Å². The first-order valence-corrected chi connectivity index (χ1v) is 4.77. The Hall–Kier alpha value is -1.07. The standard InChI is InChI=1S/C7H7O4S/c8-6-12(9,10)11-7-4-2-1-3-5-7/h1-5H,6H2. The predicted octanol–water partition coefficient (Wildman–Crippen LogP) is 0.783. The zero-order valence-electron chi connectivity index (χ0n) is 6.14. The molecule has 0 aliphatic rings. The summed E-state index contributed by atoms with van der Waals surface area (Å²) in [4.78, 5) is 0. The van der Waals surface area contributed by atoms with Crippen LogP contribution >= 0.6 is 0 Å². The van der Waals surface area contributed by atoms with Crippen molar-refractivity contribution in [2.45, 2.75) is 0 Å². The zero-order valence-corrected chi connectivity index (χ0v) is 6.95. The first-order valence-electron chi connectivity index (χ1n) is 3.19. The molecule has 0 aromatic heterocycles. The lowest BCUT2D eigenvalue weighted by Gasteiger charge is -2.01. The largest absolute Gasteiger partial charge is 0.381 e. The number of hydrogen-bond donors (Lipinski definition) is 0. The average Bonchev–Trinajstić information content (AvgIpc) is 2.06. The molecular formula is C7H7O4S. The van der Waals surface area contributed by atoms with E-state index in [1.165, 1.54) is 12.1 Å². The van der Waals surface area contributed by atoms with Crippen LogP contribution in [0.3, 0.4) is 0 Å². The van der Waals surface area contributed by atoms with E-state index in [0.717, 1.165) is 0 Å². The van der Waals surface area contributed by atoms with Gasteiger partial charge in [-0.2, -0.15) is 8.42 Å². The van der Waals surface area contributed by atoms with Crippen molar-refractivity contribution >= 4 is 10.1 Å². The van der Waals surface area contributed by atoms with Crippen LogP contribution in [0.5, 0.6) is 5.75 Å². The van der Waals surface area contributed by atoms with Crippen molar-refractivity contribution in [3.63, 3.8) is 0 Å². The Labute approximate surface area is 70.5 Å². The Balaban J connectivity index is 2.78. The maximum absolute atomic E-state index is 10.6. The molecule has 0 amide bonds. The normalized spacial score (nSPS) is 11.1. The molecule has 0 aliphatic carbocycles. The molecule has 1 radical (unpaired) electrons. The fraction of sp³-hybridized carbons (Fsp3) is 0.143. The predicted molar refractivity (Wildman–Crippen MR) is 41.5 cm³/mol. The van der Waals surface area contributed by atoms with E-state index in [1.807, 2.05) is 0 Å². The number of hydrogen-bond acceptors (Lipinski definition) is 3. The van der Waals surface area contributed by atoms with E-state index in [0.29, 0.717) is 0 Å². The molecule has 12 heavy (non-hydrogen) atoms. The van der Waals surface area contributed by atoms with Crippen LogP contribution in [0.4, 0.5) is 0 Å².